The molecule has 3 aliphatic rings. The molecule has 1 aliphatic heterocycles. The van der Waals surface area contributed by atoms with E-state index in [1.807, 2.05) is 11.8 Å². The molecule has 4 atom stereocenters. The zero-order chi connectivity index (χ0) is 12.9. The number of carbonyl (C=O) groups is 2. The van der Waals surface area contributed by atoms with Crippen molar-refractivity contribution in [3.8, 4) is 0 Å². The van der Waals surface area contributed by atoms with Gasteiger partial charge in [-0.1, -0.05) is 6.92 Å². The zero-order valence-corrected chi connectivity index (χ0v) is 11.1. The smallest absolute Gasteiger partial charge is 0.310 e. The molecule has 0 aromatic carbocycles. The van der Waals surface area contributed by atoms with Crippen LogP contribution in [-0.2, 0) is 14.3 Å². The predicted molar refractivity (Wildman–Crippen MR) is 65.6 cm³/mol. The fourth-order valence-electron chi connectivity index (χ4n) is 3.78. The fourth-order valence-corrected chi connectivity index (χ4v) is 3.78. The zero-order valence-electron chi connectivity index (χ0n) is 11.1. The highest BCUT2D eigenvalue weighted by Gasteiger charge is 2.50. The van der Waals surface area contributed by atoms with Crippen LogP contribution in [0, 0.1) is 29.6 Å². The van der Waals surface area contributed by atoms with Crippen LogP contribution in [0.1, 0.15) is 26.2 Å². The second-order valence-corrected chi connectivity index (χ2v) is 6.27. The second kappa shape index (κ2) is 4.25. The average Bonchev–Trinajstić information content (AvgIpc) is 2.81. The SMILES string of the molecule is COC(=O)C1CN(C(=O)C2CC3CC3C2)CC1C. The van der Waals surface area contributed by atoms with Gasteiger partial charge in [0.1, 0.15) is 0 Å². The lowest BCUT2D eigenvalue weighted by Gasteiger charge is -2.21. The van der Waals surface area contributed by atoms with Crippen LogP contribution in [-0.4, -0.2) is 37.0 Å². The standard InChI is InChI=1S/C14H21NO3/c1-8-6-15(7-12(8)14(17)18-2)13(16)11-4-9-3-10(9)5-11/h8-12H,3-7H2,1-2H3. The Morgan fingerprint density at radius 1 is 1.11 bits per heavy atom. The van der Waals surface area contributed by atoms with Gasteiger partial charge in [0, 0.05) is 19.0 Å². The fraction of sp³-hybridized carbons (Fsp3) is 0.857. The Hall–Kier alpha value is -1.06. The van der Waals surface area contributed by atoms with Crippen LogP contribution < -0.4 is 0 Å². The Morgan fingerprint density at radius 2 is 1.78 bits per heavy atom. The molecule has 2 saturated carbocycles. The van der Waals surface area contributed by atoms with Gasteiger partial charge in [-0.05, 0) is 37.0 Å². The largest absolute Gasteiger partial charge is 0.469 e. The maximum atomic E-state index is 12.4. The van der Waals surface area contributed by atoms with Crippen LogP contribution in [0.2, 0.25) is 0 Å². The Kier molecular flexibility index (Phi) is 2.83. The van der Waals surface area contributed by atoms with Gasteiger partial charge in [-0.15, -0.1) is 0 Å². The van der Waals surface area contributed by atoms with E-state index in [2.05, 4.69) is 0 Å². The number of rotatable bonds is 2. The molecule has 100 valence electrons. The number of hydrogen-bond acceptors (Lipinski definition) is 3. The van der Waals surface area contributed by atoms with Gasteiger partial charge in [-0.25, -0.2) is 0 Å². The topological polar surface area (TPSA) is 46.6 Å². The van der Waals surface area contributed by atoms with E-state index >= 15 is 0 Å². The summed E-state index contributed by atoms with van der Waals surface area (Å²) in [6.45, 7) is 3.30. The van der Waals surface area contributed by atoms with Gasteiger partial charge in [0.25, 0.3) is 0 Å². The van der Waals surface area contributed by atoms with E-state index in [-0.39, 0.29) is 29.6 Å². The van der Waals surface area contributed by atoms with Crippen LogP contribution in [0.5, 0.6) is 0 Å². The summed E-state index contributed by atoms with van der Waals surface area (Å²) >= 11 is 0. The summed E-state index contributed by atoms with van der Waals surface area (Å²) in [6.07, 6.45) is 3.50. The molecule has 0 spiro atoms. The van der Waals surface area contributed by atoms with Gasteiger partial charge < -0.3 is 9.64 Å². The molecule has 0 radical (unpaired) electrons. The number of esters is 1. The van der Waals surface area contributed by atoms with Crippen molar-refractivity contribution < 1.29 is 14.3 Å². The number of amides is 1. The lowest BCUT2D eigenvalue weighted by molar-refractivity contribution is -0.146. The summed E-state index contributed by atoms with van der Waals surface area (Å²) in [5, 5.41) is 0. The number of ether oxygens (including phenoxy) is 1. The van der Waals surface area contributed by atoms with Gasteiger partial charge in [0.2, 0.25) is 5.91 Å². The normalized spacial score (nSPS) is 41.7. The minimum atomic E-state index is -0.174. The summed E-state index contributed by atoms with van der Waals surface area (Å²) in [7, 11) is 1.42. The Morgan fingerprint density at radius 3 is 2.39 bits per heavy atom. The Bertz CT molecular complexity index is 371. The summed E-state index contributed by atoms with van der Waals surface area (Å²) in [4.78, 5) is 25.9. The van der Waals surface area contributed by atoms with E-state index in [0.717, 1.165) is 24.7 Å². The van der Waals surface area contributed by atoms with Crippen LogP contribution in [0.3, 0.4) is 0 Å². The molecule has 2 aliphatic carbocycles. The van der Waals surface area contributed by atoms with Gasteiger partial charge in [0.05, 0.1) is 13.0 Å². The summed E-state index contributed by atoms with van der Waals surface area (Å²) in [5.41, 5.74) is 0. The highest BCUT2D eigenvalue weighted by atomic mass is 16.5. The molecule has 0 bridgehead atoms. The maximum absolute atomic E-state index is 12.4. The average molecular weight is 251 g/mol. The first kappa shape index (κ1) is 12.0. The van der Waals surface area contributed by atoms with Crippen LogP contribution in [0.15, 0.2) is 0 Å². The van der Waals surface area contributed by atoms with Gasteiger partial charge in [0.15, 0.2) is 0 Å². The van der Waals surface area contributed by atoms with Crippen molar-refractivity contribution in [2.75, 3.05) is 20.2 Å². The van der Waals surface area contributed by atoms with Crippen molar-refractivity contribution in [2.45, 2.75) is 26.2 Å². The molecule has 3 rings (SSSR count). The first-order valence-electron chi connectivity index (χ1n) is 6.96. The maximum Gasteiger partial charge on any atom is 0.310 e. The Labute approximate surface area is 108 Å². The van der Waals surface area contributed by atoms with Gasteiger partial charge in [-0.2, -0.15) is 0 Å². The molecular weight excluding hydrogens is 230 g/mol. The third-order valence-electron chi connectivity index (χ3n) is 5.02. The molecule has 4 unspecified atom stereocenters. The molecule has 1 amide bonds. The molecule has 4 nitrogen and oxygen atoms in total. The van der Waals surface area contributed by atoms with Crippen molar-refractivity contribution in [3.05, 3.63) is 0 Å². The molecule has 4 heteroatoms. The van der Waals surface area contributed by atoms with Crippen molar-refractivity contribution in [1.29, 1.82) is 0 Å². The van der Waals surface area contributed by atoms with Crippen LogP contribution in [0.4, 0.5) is 0 Å². The van der Waals surface area contributed by atoms with Crippen LogP contribution >= 0.6 is 0 Å². The number of likely N-dealkylation sites (tertiary alicyclic amines) is 1. The highest BCUT2D eigenvalue weighted by Crippen LogP contribution is 2.54. The van der Waals surface area contributed by atoms with E-state index in [1.54, 1.807) is 0 Å². The lowest BCUT2D eigenvalue weighted by atomic mass is 9.99. The van der Waals surface area contributed by atoms with E-state index < -0.39 is 0 Å². The predicted octanol–water partition coefficient (Wildman–Crippen LogP) is 1.30. The first-order valence-corrected chi connectivity index (χ1v) is 6.96. The van der Waals surface area contributed by atoms with E-state index in [4.69, 9.17) is 4.74 Å². The first-order chi connectivity index (χ1) is 8.60. The molecule has 0 aromatic heterocycles. The van der Waals surface area contributed by atoms with Crippen LogP contribution in [0.25, 0.3) is 0 Å². The number of nitrogens with zero attached hydrogens (tertiary/aromatic N) is 1. The van der Waals surface area contributed by atoms with E-state index in [0.29, 0.717) is 13.1 Å². The number of hydrogen-bond donors (Lipinski definition) is 0. The molecule has 0 aromatic rings. The van der Waals surface area contributed by atoms with Crippen molar-refractivity contribution in [3.63, 3.8) is 0 Å². The third kappa shape index (κ3) is 1.91. The molecule has 3 fully saturated rings. The molecular formula is C14H21NO3. The minimum absolute atomic E-state index is 0.130. The Balaban J connectivity index is 1.60. The number of methoxy groups -OCH3 is 1. The summed E-state index contributed by atoms with van der Waals surface area (Å²) in [6, 6.07) is 0. The van der Waals surface area contributed by atoms with Crippen molar-refractivity contribution >= 4 is 11.9 Å². The molecule has 18 heavy (non-hydrogen) atoms. The van der Waals surface area contributed by atoms with Crippen molar-refractivity contribution in [2.24, 2.45) is 29.6 Å². The van der Waals surface area contributed by atoms with Crippen molar-refractivity contribution in [1.82, 2.24) is 4.90 Å². The van der Waals surface area contributed by atoms with Gasteiger partial charge >= 0.3 is 5.97 Å². The monoisotopic (exact) mass is 251 g/mol. The number of carbonyl (C=O) groups excluding carboxylic acids is 2. The summed E-state index contributed by atoms with van der Waals surface area (Å²) in [5.74, 6) is 2.09. The quantitative estimate of drug-likeness (QED) is 0.695. The second-order valence-electron chi connectivity index (χ2n) is 6.27. The third-order valence-corrected chi connectivity index (χ3v) is 5.02. The van der Waals surface area contributed by atoms with E-state index in [1.165, 1.54) is 13.5 Å². The highest BCUT2D eigenvalue weighted by molar-refractivity contribution is 5.81. The molecule has 1 heterocycles. The molecule has 0 N–H and O–H groups in total. The minimum Gasteiger partial charge on any atom is -0.469 e. The van der Waals surface area contributed by atoms with E-state index in [9.17, 15) is 9.59 Å². The summed E-state index contributed by atoms with van der Waals surface area (Å²) < 4.78 is 4.81. The molecule has 1 saturated heterocycles. The lowest BCUT2D eigenvalue weighted by Crippen LogP contribution is -2.34. The number of fused-ring (bicyclic) bond motifs is 1. The van der Waals surface area contributed by atoms with Gasteiger partial charge in [-0.3, -0.25) is 9.59 Å².